The van der Waals surface area contributed by atoms with Crippen LogP contribution in [0.2, 0.25) is 0 Å². The number of carbonyl (C=O) groups is 2. The van der Waals surface area contributed by atoms with Gasteiger partial charge in [-0.25, -0.2) is 4.39 Å². The van der Waals surface area contributed by atoms with E-state index in [1.807, 2.05) is 32.9 Å². The number of carbonyl (C=O) groups excluding carboxylic acids is 2. The van der Waals surface area contributed by atoms with E-state index in [1.54, 1.807) is 48.4 Å². The molecule has 0 aliphatic carbocycles. The number of halogens is 1. The van der Waals surface area contributed by atoms with Crippen molar-refractivity contribution in [2.24, 2.45) is 0 Å². The van der Waals surface area contributed by atoms with E-state index in [2.05, 4.69) is 0 Å². The van der Waals surface area contributed by atoms with Gasteiger partial charge in [0.2, 0.25) is 5.91 Å². The zero-order valence-corrected chi connectivity index (χ0v) is 19.4. The molecule has 2 aromatic carbocycles. The molecule has 6 nitrogen and oxygen atoms in total. The van der Waals surface area contributed by atoms with Crippen LogP contribution in [0, 0.1) is 12.7 Å². The van der Waals surface area contributed by atoms with Crippen LogP contribution < -0.4 is 4.74 Å². The van der Waals surface area contributed by atoms with Gasteiger partial charge >= 0.3 is 0 Å². The maximum absolute atomic E-state index is 13.4. The van der Waals surface area contributed by atoms with Gasteiger partial charge in [0.15, 0.2) is 0 Å². The standard InChI is InChI=1S/C26H29FN2O4/c1-18(2)29(26(31)21-8-13-23(32-4)14-9-21)17-25(30)28(16-24-12-5-19(3)33-24)15-20-6-10-22(27)11-7-20/h5-14,18H,15-17H2,1-4H3. The third-order valence-electron chi connectivity index (χ3n) is 5.31. The quantitative estimate of drug-likeness (QED) is 0.467. The molecule has 0 spiro atoms. The first-order valence-electron chi connectivity index (χ1n) is 10.8. The van der Waals surface area contributed by atoms with Crippen molar-refractivity contribution in [3.8, 4) is 5.75 Å². The van der Waals surface area contributed by atoms with Gasteiger partial charge < -0.3 is 19.0 Å². The van der Waals surface area contributed by atoms with E-state index in [0.29, 0.717) is 17.1 Å². The summed E-state index contributed by atoms with van der Waals surface area (Å²) < 4.78 is 24.2. The maximum atomic E-state index is 13.4. The molecule has 0 atom stereocenters. The smallest absolute Gasteiger partial charge is 0.254 e. The van der Waals surface area contributed by atoms with Gasteiger partial charge in [0.05, 0.1) is 13.7 Å². The summed E-state index contributed by atoms with van der Waals surface area (Å²) in [7, 11) is 1.56. The molecule has 0 aliphatic rings. The van der Waals surface area contributed by atoms with Crippen LogP contribution in [0.15, 0.2) is 65.1 Å². The number of nitrogens with zero attached hydrogens (tertiary/aromatic N) is 2. The van der Waals surface area contributed by atoms with Crippen molar-refractivity contribution in [2.45, 2.75) is 39.9 Å². The van der Waals surface area contributed by atoms with E-state index in [4.69, 9.17) is 9.15 Å². The summed E-state index contributed by atoms with van der Waals surface area (Å²) in [4.78, 5) is 29.7. The van der Waals surface area contributed by atoms with Crippen LogP contribution in [-0.4, -0.2) is 41.3 Å². The minimum absolute atomic E-state index is 0.0938. The fourth-order valence-electron chi connectivity index (χ4n) is 3.43. The second kappa shape index (κ2) is 10.8. The molecule has 0 aliphatic heterocycles. The highest BCUT2D eigenvalue weighted by Gasteiger charge is 2.25. The lowest BCUT2D eigenvalue weighted by molar-refractivity contribution is -0.133. The Bertz CT molecular complexity index is 1070. The lowest BCUT2D eigenvalue weighted by Gasteiger charge is -2.30. The van der Waals surface area contributed by atoms with E-state index >= 15 is 0 Å². The number of furan rings is 1. The van der Waals surface area contributed by atoms with Crippen molar-refractivity contribution in [3.05, 3.63) is 89.1 Å². The summed E-state index contributed by atoms with van der Waals surface area (Å²) in [5.74, 6) is 1.23. The maximum Gasteiger partial charge on any atom is 0.254 e. The van der Waals surface area contributed by atoms with Gasteiger partial charge in [-0.1, -0.05) is 12.1 Å². The third-order valence-corrected chi connectivity index (χ3v) is 5.31. The SMILES string of the molecule is COc1ccc(C(=O)N(CC(=O)N(Cc2ccc(F)cc2)Cc2ccc(C)o2)C(C)C)cc1. The van der Waals surface area contributed by atoms with E-state index in [9.17, 15) is 14.0 Å². The summed E-state index contributed by atoms with van der Waals surface area (Å²) in [5.41, 5.74) is 1.26. The molecule has 0 radical (unpaired) electrons. The van der Waals surface area contributed by atoms with Crippen molar-refractivity contribution in [1.29, 1.82) is 0 Å². The predicted molar refractivity (Wildman–Crippen MR) is 123 cm³/mol. The molecule has 0 bridgehead atoms. The zero-order valence-electron chi connectivity index (χ0n) is 19.4. The average Bonchev–Trinajstić information content (AvgIpc) is 3.22. The Labute approximate surface area is 193 Å². The van der Waals surface area contributed by atoms with E-state index in [1.165, 1.54) is 17.0 Å². The minimum Gasteiger partial charge on any atom is -0.497 e. The van der Waals surface area contributed by atoms with Crippen molar-refractivity contribution in [3.63, 3.8) is 0 Å². The number of hydrogen-bond donors (Lipinski definition) is 0. The average molecular weight is 453 g/mol. The Morgan fingerprint density at radius 1 is 0.970 bits per heavy atom. The number of ether oxygens (including phenoxy) is 1. The Morgan fingerprint density at radius 2 is 1.64 bits per heavy atom. The second-order valence-electron chi connectivity index (χ2n) is 8.14. The van der Waals surface area contributed by atoms with E-state index < -0.39 is 0 Å². The number of hydrogen-bond acceptors (Lipinski definition) is 4. The van der Waals surface area contributed by atoms with Gasteiger partial charge in [0.1, 0.15) is 29.6 Å². The molecular weight excluding hydrogens is 423 g/mol. The molecule has 1 aromatic heterocycles. The van der Waals surface area contributed by atoms with Crippen LogP contribution in [0.25, 0.3) is 0 Å². The third kappa shape index (κ3) is 6.44. The summed E-state index contributed by atoms with van der Waals surface area (Å²) >= 11 is 0. The monoisotopic (exact) mass is 452 g/mol. The second-order valence-corrected chi connectivity index (χ2v) is 8.14. The zero-order chi connectivity index (χ0) is 24.0. The van der Waals surface area contributed by atoms with Gasteiger partial charge in [-0.05, 0) is 74.9 Å². The highest BCUT2D eigenvalue weighted by molar-refractivity contribution is 5.96. The van der Waals surface area contributed by atoms with Crippen molar-refractivity contribution < 1.29 is 23.1 Å². The summed E-state index contributed by atoms with van der Waals surface area (Å²) in [6, 6.07) is 16.3. The van der Waals surface area contributed by atoms with Crippen molar-refractivity contribution >= 4 is 11.8 Å². The first-order valence-corrected chi connectivity index (χ1v) is 10.8. The molecule has 33 heavy (non-hydrogen) atoms. The minimum atomic E-state index is -0.339. The highest BCUT2D eigenvalue weighted by atomic mass is 19.1. The number of aryl methyl sites for hydroxylation is 1. The topological polar surface area (TPSA) is 63.0 Å². The van der Waals surface area contributed by atoms with Gasteiger partial charge in [0.25, 0.3) is 5.91 Å². The highest BCUT2D eigenvalue weighted by Crippen LogP contribution is 2.17. The van der Waals surface area contributed by atoms with Crippen LogP contribution in [0.1, 0.15) is 41.3 Å². The Kier molecular flexibility index (Phi) is 7.87. The Balaban J connectivity index is 1.80. The molecule has 2 amide bonds. The number of rotatable bonds is 9. The van der Waals surface area contributed by atoms with Crippen LogP contribution in [0.4, 0.5) is 4.39 Å². The summed E-state index contributed by atoms with van der Waals surface area (Å²) in [6.07, 6.45) is 0. The molecule has 3 rings (SSSR count). The van der Waals surface area contributed by atoms with Gasteiger partial charge in [-0.3, -0.25) is 9.59 Å². The molecule has 0 unspecified atom stereocenters. The lowest BCUT2D eigenvalue weighted by Crippen LogP contribution is -2.45. The largest absolute Gasteiger partial charge is 0.497 e. The Morgan fingerprint density at radius 3 is 2.18 bits per heavy atom. The van der Waals surface area contributed by atoms with E-state index in [0.717, 1.165) is 11.3 Å². The number of benzene rings is 2. The summed E-state index contributed by atoms with van der Waals surface area (Å²) in [5, 5.41) is 0. The lowest BCUT2D eigenvalue weighted by atomic mass is 10.1. The molecule has 0 fully saturated rings. The van der Waals surface area contributed by atoms with Gasteiger partial charge in [0, 0.05) is 18.2 Å². The molecule has 0 saturated carbocycles. The number of amides is 2. The normalized spacial score (nSPS) is 10.8. The molecule has 1 heterocycles. The van der Waals surface area contributed by atoms with Gasteiger partial charge in [-0.2, -0.15) is 0 Å². The van der Waals surface area contributed by atoms with Crippen LogP contribution >= 0.6 is 0 Å². The van der Waals surface area contributed by atoms with Crippen molar-refractivity contribution in [2.75, 3.05) is 13.7 Å². The molecule has 0 N–H and O–H groups in total. The predicted octanol–water partition coefficient (Wildman–Crippen LogP) is 4.82. The van der Waals surface area contributed by atoms with Crippen LogP contribution in [0.3, 0.4) is 0 Å². The van der Waals surface area contributed by atoms with Gasteiger partial charge in [-0.15, -0.1) is 0 Å². The molecule has 174 valence electrons. The molecular formula is C26H29FN2O4. The van der Waals surface area contributed by atoms with Crippen LogP contribution in [-0.2, 0) is 17.9 Å². The molecule has 3 aromatic rings. The molecule has 0 saturated heterocycles. The first kappa shape index (κ1) is 24.0. The Hall–Kier alpha value is -3.61. The molecule has 7 heteroatoms. The summed E-state index contributed by atoms with van der Waals surface area (Å²) in [6.45, 7) is 5.99. The van der Waals surface area contributed by atoms with Crippen LogP contribution in [0.5, 0.6) is 5.75 Å². The number of methoxy groups -OCH3 is 1. The van der Waals surface area contributed by atoms with E-state index in [-0.39, 0.29) is 43.3 Å². The first-order chi connectivity index (χ1) is 15.8. The fourth-order valence-corrected chi connectivity index (χ4v) is 3.43. The fraction of sp³-hybridized carbons (Fsp3) is 0.308. The van der Waals surface area contributed by atoms with Crippen molar-refractivity contribution in [1.82, 2.24) is 9.80 Å².